The maximum absolute atomic E-state index is 12.3. The molecule has 0 radical (unpaired) electrons. The number of hydrogen-bond donors (Lipinski definition) is 1. The fourth-order valence-corrected chi connectivity index (χ4v) is 3.00. The fraction of sp³-hybridized carbons (Fsp3) is 0.400. The van der Waals surface area contributed by atoms with Crippen molar-refractivity contribution in [1.82, 2.24) is 29.8 Å². The van der Waals surface area contributed by atoms with Crippen LogP contribution in [-0.2, 0) is 16.1 Å². The van der Waals surface area contributed by atoms with E-state index in [0.29, 0.717) is 24.7 Å². The summed E-state index contributed by atoms with van der Waals surface area (Å²) in [6.07, 6.45) is 6.24. The average molecular weight is 393 g/mol. The fourth-order valence-electron chi connectivity index (χ4n) is 2.71. The first-order valence-corrected chi connectivity index (χ1v) is 8.42. The highest BCUT2D eigenvalue weighted by molar-refractivity contribution is 9.10. The number of likely N-dealkylation sites (tertiary alicyclic amines) is 1. The van der Waals surface area contributed by atoms with Crippen LogP contribution in [0.3, 0.4) is 0 Å². The van der Waals surface area contributed by atoms with Gasteiger partial charge in [-0.1, -0.05) is 6.58 Å². The highest BCUT2D eigenvalue weighted by Crippen LogP contribution is 2.17. The summed E-state index contributed by atoms with van der Waals surface area (Å²) >= 11 is 3.32. The highest BCUT2D eigenvalue weighted by Gasteiger charge is 2.27. The van der Waals surface area contributed by atoms with E-state index in [-0.39, 0.29) is 24.3 Å². The molecule has 1 aliphatic rings. The van der Waals surface area contributed by atoms with Crippen molar-refractivity contribution in [3.63, 3.8) is 0 Å². The van der Waals surface area contributed by atoms with Gasteiger partial charge in [0.2, 0.25) is 11.8 Å². The zero-order valence-electron chi connectivity index (χ0n) is 13.0. The number of nitrogens with zero attached hydrogens (tertiary/aromatic N) is 5. The molecule has 1 aliphatic heterocycles. The van der Waals surface area contributed by atoms with E-state index < -0.39 is 0 Å². The number of amides is 2. The Kier molecular flexibility index (Phi) is 4.89. The summed E-state index contributed by atoms with van der Waals surface area (Å²) in [5.74, 6) is 0.523. The molecule has 9 heteroatoms. The lowest BCUT2D eigenvalue weighted by Crippen LogP contribution is -2.44. The minimum absolute atomic E-state index is 0.0930. The number of hydrogen-bond acceptors (Lipinski definition) is 5. The van der Waals surface area contributed by atoms with E-state index in [4.69, 9.17) is 0 Å². The molecule has 1 fully saturated rings. The number of rotatable bonds is 4. The lowest BCUT2D eigenvalue weighted by atomic mass is 9.97. The van der Waals surface area contributed by atoms with Gasteiger partial charge in [0.25, 0.3) is 5.78 Å². The molecule has 2 aromatic heterocycles. The van der Waals surface area contributed by atoms with Crippen LogP contribution in [0.4, 0.5) is 0 Å². The third-order valence-corrected chi connectivity index (χ3v) is 4.31. The van der Waals surface area contributed by atoms with Crippen molar-refractivity contribution in [2.24, 2.45) is 5.92 Å². The zero-order valence-corrected chi connectivity index (χ0v) is 14.6. The van der Waals surface area contributed by atoms with Gasteiger partial charge in [0.1, 0.15) is 0 Å². The van der Waals surface area contributed by atoms with Crippen molar-refractivity contribution in [2.75, 3.05) is 13.1 Å². The van der Waals surface area contributed by atoms with Crippen LogP contribution in [0.5, 0.6) is 0 Å². The lowest BCUT2D eigenvalue weighted by molar-refractivity contribution is -0.132. The van der Waals surface area contributed by atoms with Gasteiger partial charge in [-0.05, 0) is 34.8 Å². The topological polar surface area (TPSA) is 92.5 Å². The quantitative estimate of drug-likeness (QED) is 0.781. The number of fused-ring (bicyclic) bond motifs is 1. The first kappa shape index (κ1) is 16.6. The second kappa shape index (κ2) is 7.08. The Hall–Kier alpha value is -2.29. The van der Waals surface area contributed by atoms with Crippen LogP contribution in [0.2, 0.25) is 0 Å². The van der Waals surface area contributed by atoms with Crippen molar-refractivity contribution in [3.8, 4) is 0 Å². The Labute approximate surface area is 147 Å². The summed E-state index contributed by atoms with van der Waals surface area (Å²) in [5, 5.41) is 7.11. The summed E-state index contributed by atoms with van der Waals surface area (Å²) < 4.78 is 2.35. The van der Waals surface area contributed by atoms with Crippen molar-refractivity contribution < 1.29 is 9.59 Å². The van der Waals surface area contributed by atoms with Gasteiger partial charge in [-0.15, -0.1) is 5.10 Å². The van der Waals surface area contributed by atoms with E-state index in [1.54, 1.807) is 21.8 Å². The Morgan fingerprint density at radius 2 is 2.33 bits per heavy atom. The van der Waals surface area contributed by atoms with Gasteiger partial charge < -0.3 is 10.2 Å². The summed E-state index contributed by atoms with van der Waals surface area (Å²) in [7, 11) is 0. The minimum atomic E-state index is -0.216. The van der Waals surface area contributed by atoms with Crippen LogP contribution < -0.4 is 5.32 Å². The molecule has 0 saturated carbocycles. The van der Waals surface area contributed by atoms with E-state index in [9.17, 15) is 9.59 Å². The second-order valence-corrected chi connectivity index (χ2v) is 6.51. The van der Waals surface area contributed by atoms with E-state index in [1.165, 1.54) is 6.08 Å². The van der Waals surface area contributed by atoms with Crippen LogP contribution in [0.15, 0.2) is 29.5 Å². The van der Waals surface area contributed by atoms with E-state index in [0.717, 1.165) is 17.3 Å². The summed E-state index contributed by atoms with van der Waals surface area (Å²) in [6.45, 7) is 4.81. The number of piperidine rings is 1. The summed E-state index contributed by atoms with van der Waals surface area (Å²) in [5.41, 5.74) is 0. The Balaban J connectivity index is 1.59. The molecule has 3 rings (SSSR count). The molecule has 2 aromatic rings. The van der Waals surface area contributed by atoms with E-state index in [1.807, 2.05) is 0 Å². The predicted molar refractivity (Wildman–Crippen MR) is 89.8 cm³/mol. The van der Waals surface area contributed by atoms with Crippen molar-refractivity contribution in [3.05, 3.63) is 35.3 Å². The smallest absolute Gasteiger partial charge is 0.252 e. The summed E-state index contributed by atoms with van der Waals surface area (Å²) in [6, 6.07) is 0. The second-order valence-electron chi connectivity index (χ2n) is 5.59. The van der Waals surface area contributed by atoms with E-state index in [2.05, 4.69) is 42.9 Å². The van der Waals surface area contributed by atoms with Crippen LogP contribution >= 0.6 is 15.9 Å². The molecule has 0 spiro atoms. The number of carbonyl (C=O) groups is 2. The third kappa shape index (κ3) is 3.61. The molecule has 0 aliphatic carbocycles. The molecule has 24 heavy (non-hydrogen) atoms. The van der Waals surface area contributed by atoms with Gasteiger partial charge in [0, 0.05) is 25.5 Å². The molecule has 126 valence electrons. The predicted octanol–water partition coefficient (Wildman–Crippen LogP) is 0.928. The standard InChI is InChI=1S/C15H17BrN6O2/c1-2-13(23)21-5-3-4-10(8-21)14(24)17-7-12-19-15-18-6-11(16)9-22(15)20-12/h2,6,9-10H,1,3-5,7-8H2,(H,17,24). The average Bonchev–Trinajstić information content (AvgIpc) is 3.01. The molecule has 0 bridgehead atoms. The van der Waals surface area contributed by atoms with Gasteiger partial charge >= 0.3 is 0 Å². The SMILES string of the molecule is C=CC(=O)N1CCCC(C(=O)NCc2nc3ncc(Br)cn3n2)C1. The van der Waals surface area contributed by atoms with Crippen LogP contribution in [-0.4, -0.2) is 49.4 Å². The Morgan fingerprint density at radius 3 is 3.12 bits per heavy atom. The molecule has 3 heterocycles. The summed E-state index contributed by atoms with van der Waals surface area (Å²) in [4.78, 5) is 34.1. The molecule has 1 atom stereocenters. The molecule has 1 unspecified atom stereocenters. The van der Waals surface area contributed by atoms with Crippen molar-refractivity contribution in [1.29, 1.82) is 0 Å². The highest BCUT2D eigenvalue weighted by atomic mass is 79.9. The maximum atomic E-state index is 12.3. The van der Waals surface area contributed by atoms with Crippen molar-refractivity contribution in [2.45, 2.75) is 19.4 Å². The molecule has 8 nitrogen and oxygen atoms in total. The zero-order chi connectivity index (χ0) is 17.1. The Bertz CT molecular complexity index is 789. The molecular formula is C15H17BrN6O2. The van der Waals surface area contributed by atoms with Crippen LogP contribution in [0.1, 0.15) is 18.7 Å². The first-order valence-electron chi connectivity index (χ1n) is 7.62. The largest absolute Gasteiger partial charge is 0.348 e. The molecular weight excluding hydrogens is 376 g/mol. The van der Waals surface area contributed by atoms with Gasteiger partial charge in [-0.2, -0.15) is 4.98 Å². The lowest BCUT2D eigenvalue weighted by Gasteiger charge is -2.31. The van der Waals surface area contributed by atoms with Gasteiger partial charge in [-0.3, -0.25) is 9.59 Å². The third-order valence-electron chi connectivity index (χ3n) is 3.91. The van der Waals surface area contributed by atoms with Gasteiger partial charge in [-0.25, -0.2) is 9.50 Å². The molecule has 1 saturated heterocycles. The monoisotopic (exact) mass is 392 g/mol. The van der Waals surface area contributed by atoms with Crippen LogP contribution in [0, 0.1) is 5.92 Å². The maximum Gasteiger partial charge on any atom is 0.252 e. The van der Waals surface area contributed by atoms with Gasteiger partial charge in [0.15, 0.2) is 5.82 Å². The minimum Gasteiger partial charge on any atom is -0.348 e. The molecule has 0 aromatic carbocycles. The number of halogens is 1. The molecule has 1 N–H and O–H groups in total. The first-order chi connectivity index (χ1) is 11.6. The normalized spacial score (nSPS) is 17.7. The van der Waals surface area contributed by atoms with Gasteiger partial charge in [0.05, 0.1) is 16.9 Å². The number of nitrogens with one attached hydrogen (secondary N) is 1. The van der Waals surface area contributed by atoms with Crippen molar-refractivity contribution >= 4 is 33.5 Å². The number of aromatic nitrogens is 4. The molecule has 2 amide bonds. The number of carbonyl (C=O) groups excluding carboxylic acids is 2. The van der Waals surface area contributed by atoms with Crippen LogP contribution in [0.25, 0.3) is 5.78 Å². The van der Waals surface area contributed by atoms with E-state index >= 15 is 0 Å². The Morgan fingerprint density at radius 1 is 1.50 bits per heavy atom.